The predicted molar refractivity (Wildman–Crippen MR) is 71.4 cm³/mol. The van der Waals surface area contributed by atoms with Crippen molar-refractivity contribution in [1.82, 2.24) is 0 Å². The summed E-state index contributed by atoms with van der Waals surface area (Å²) in [6.45, 7) is 0.294. The van der Waals surface area contributed by atoms with Crippen molar-refractivity contribution in [2.24, 2.45) is 5.41 Å². The van der Waals surface area contributed by atoms with Gasteiger partial charge in [-0.15, -0.1) is 0 Å². The van der Waals surface area contributed by atoms with Gasteiger partial charge in [0.05, 0.1) is 6.42 Å². The van der Waals surface area contributed by atoms with Crippen LogP contribution in [-0.4, -0.2) is 11.7 Å². The Hall–Kier alpha value is -0.670. The van der Waals surface area contributed by atoms with E-state index in [1.807, 2.05) is 12.1 Å². The van der Waals surface area contributed by atoms with Crippen LogP contribution in [0.3, 0.4) is 0 Å². The zero-order chi connectivity index (χ0) is 12.3. The zero-order valence-corrected chi connectivity index (χ0v) is 11.1. The summed E-state index contributed by atoms with van der Waals surface area (Å²) in [5, 5.41) is 0.660. The molecule has 4 heteroatoms. The molecule has 1 aliphatic rings. The van der Waals surface area contributed by atoms with E-state index in [1.165, 1.54) is 0 Å². The summed E-state index contributed by atoms with van der Waals surface area (Å²) in [5.41, 5.74) is 1.04. The molecule has 17 heavy (non-hydrogen) atoms. The maximum atomic E-state index is 11.6. The van der Waals surface area contributed by atoms with E-state index in [9.17, 15) is 4.79 Å². The van der Waals surface area contributed by atoms with Gasteiger partial charge in [0, 0.05) is 5.02 Å². The van der Waals surface area contributed by atoms with E-state index in [1.54, 1.807) is 12.1 Å². The Morgan fingerprint density at radius 3 is 2.82 bits per heavy atom. The molecular weight excluding hydrogens is 256 g/mol. The van der Waals surface area contributed by atoms with Crippen LogP contribution in [0.15, 0.2) is 24.3 Å². The highest BCUT2D eigenvalue weighted by Gasteiger charge is 2.43. The van der Waals surface area contributed by atoms with Crippen molar-refractivity contribution in [1.29, 1.82) is 0 Å². The Labute approximate surface area is 112 Å². The maximum absolute atomic E-state index is 11.6. The SMILES string of the molecule is O=C(CC1(CS)CC1)OCc1cccc(Cl)c1. The Morgan fingerprint density at radius 2 is 2.24 bits per heavy atom. The lowest BCUT2D eigenvalue weighted by molar-refractivity contribution is -0.146. The van der Waals surface area contributed by atoms with Gasteiger partial charge >= 0.3 is 5.97 Å². The van der Waals surface area contributed by atoms with Gasteiger partial charge in [-0.1, -0.05) is 23.7 Å². The molecule has 2 rings (SSSR count). The van der Waals surface area contributed by atoms with E-state index in [0.29, 0.717) is 18.1 Å². The number of carbonyl (C=O) groups excluding carboxylic acids is 1. The largest absolute Gasteiger partial charge is 0.461 e. The summed E-state index contributed by atoms with van der Waals surface area (Å²) in [6.07, 6.45) is 2.66. The minimum atomic E-state index is -0.142. The average Bonchev–Trinajstić information content (AvgIpc) is 3.07. The van der Waals surface area contributed by atoms with Crippen molar-refractivity contribution < 1.29 is 9.53 Å². The van der Waals surface area contributed by atoms with E-state index in [4.69, 9.17) is 16.3 Å². The first kappa shape index (κ1) is 12.8. The number of hydrogen-bond donors (Lipinski definition) is 1. The van der Waals surface area contributed by atoms with E-state index in [2.05, 4.69) is 12.6 Å². The monoisotopic (exact) mass is 270 g/mol. The molecule has 0 N–H and O–H groups in total. The third kappa shape index (κ3) is 3.65. The Balaban J connectivity index is 1.80. The third-order valence-electron chi connectivity index (χ3n) is 3.10. The van der Waals surface area contributed by atoms with Crippen LogP contribution >= 0.6 is 24.2 Å². The summed E-state index contributed by atoms with van der Waals surface area (Å²) in [6, 6.07) is 7.35. The maximum Gasteiger partial charge on any atom is 0.306 e. The van der Waals surface area contributed by atoms with E-state index in [-0.39, 0.29) is 11.4 Å². The summed E-state index contributed by atoms with van der Waals surface area (Å²) in [4.78, 5) is 11.6. The highest BCUT2D eigenvalue weighted by Crippen LogP contribution is 2.49. The molecule has 92 valence electrons. The van der Waals surface area contributed by atoms with Crippen LogP contribution in [-0.2, 0) is 16.1 Å². The standard InChI is InChI=1S/C13H15ClO2S/c14-11-3-1-2-10(6-11)8-16-12(15)7-13(9-17)4-5-13/h1-3,6,17H,4-5,7-9H2. The van der Waals surface area contributed by atoms with Crippen LogP contribution in [0.5, 0.6) is 0 Å². The number of halogens is 1. The molecule has 0 atom stereocenters. The van der Waals surface area contributed by atoms with Gasteiger partial charge in [-0.25, -0.2) is 0 Å². The van der Waals surface area contributed by atoms with Gasteiger partial charge < -0.3 is 4.74 Å². The van der Waals surface area contributed by atoms with Crippen LogP contribution in [0.25, 0.3) is 0 Å². The molecule has 0 amide bonds. The first-order chi connectivity index (χ1) is 8.13. The van der Waals surface area contributed by atoms with Crippen molar-refractivity contribution in [2.45, 2.75) is 25.9 Å². The number of benzene rings is 1. The molecular formula is C13H15ClO2S. The van der Waals surface area contributed by atoms with Crippen LogP contribution in [0.2, 0.25) is 5.02 Å². The van der Waals surface area contributed by atoms with Crippen LogP contribution < -0.4 is 0 Å². The fourth-order valence-corrected chi connectivity index (χ4v) is 2.36. The molecule has 0 unspecified atom stereocenters. The average molecular weight is 271 g/mol. The molecule has 0 spiro atoms. The van der Waals surface area contributed by atoms with Gasteiger partial charge in [0.25, 0.3) is 0 Å². The number of ether oxygens (including phenoxy) is 1. The van der Waals surface area contributed by atoms with E-state index in [0.717, 1.165) is 24.2 Å². The second-order valence-electron chi connectivity index (χ2n) is 4.63. The molecule has 0 bridgehead atoms. The fraction of sp³-hybridized carbons (Fsp3) is 0.462. The molecule has 0 heterocycles. The van der Waals surface area contributed by atoms with Crippen LogP contribution in [0.1, 0.15) is 24.8 Å². The number of thiol groups is 1. The Kier molecular flexibility index (Phi) is 4.00. The number of hydrogen-bond acceptors (Lipinski definition) is 3. The lowest BCUT2D eigenvalue weighted by atomic mass is 10.1. The number of carbonyl (C=O) groups is 1. The number of rotatable bonds is 5. The molecule has 0 aromatic heterocycles. The lowest BCUT2D eigenvalue weighted by Gasteiger charge is -2.11. The topological polar surface area (TPSA) is 26.3 Å². The summed E-state index contributed by atoms with van der Waals surface area (Å²) in [7, 11) is 0. The summed E-state index contributed by atoms with van der Waals surface area (Å²) in [5.74, 6) is 0.621. The van der Waals surface area contributed by atoms with E-state index < -0.39 is 0 Å². The quantitative estimate of drug-likeness (QED) is 0.655. The molecule has 2 nitrogen and oxygen atoms in total. The minimum Gasteiger partial charge on any atom is -0.461 e. The Bertz CT molecular complexity index is 416. The van der Waals surface area contributed by atoms with Gasteiger partial charge in [-0.05, 0) is 41.7 Å². The predicted octanol–water partition coefficient (Wildman–Crippen LogP) is 3.48. The van der Waals surface area contributed by atoms with Crippen LogP contribution in [0.4, 0.5) is 0 Å². The molecule has 1 aliphatic carbocycles. The first-order valence-electron chi connectivity index (χ1n) is 5.64. The van der Waals surface area contributed by atoms with Crippen molar-refractivity contribution in [2.75, 3.05) is 5.75 Å². The molecule has 1 aromatic rings. The van der Waals surface area contributed by atoms with Crippen molar-refractivity contribution in [3.63, 3.8) is 0 Å². The molecule has 1 saturated carbocycles. The normalized spacial score (nSPS) is 16.6. The number of esters is 1. The molecule has 0 aliphatic heterocycles. The molecule has 1 fully saturated rings. The van der Waals surface area contributed by atoms with Crippen molar-refractivity contribution in [3.8, 4) is 0 Å². The smallest absolute Gasteiger partial charge is 0.306 e. The molecule has 1 aromatic carbocycles. The van der Waals surface area contributed by atoms with Gasteiger partial charge in [0.2, 0.25) is 0 Å². The Morgan fingerprint density at radius 1 is 1.47 bits per heavy atom. The van der Waals surface area contributed by atoms with Gasteiger partial charge in [-0.3, -0.25) is 4.79 Å². The van der Waals surface area contributed by atoms with E-state index >= 15 is 0 Å². The van der Waals surface area contributed by atoms with Crippen molar-refractivity contribution in [3.05, 3.63) is 34.9 Å². The van der Waals surface area contributed by atoms with Gasteiger partial charge in [0.15, 0.2) is 0 Å². The summed E-state index contributed by atoms with van der Waals surface area (Å²) >= 11 is 10.1. The fourth-order valence-electron chi connectivity index (χ4n) is 1.72. The molecule has 0 radical (unpaired) electrons. The second kappa shape index (κ2) is 5.32. The molecule has 0 saturated heterocycles. The minimum absolute atomic E-state index is 0.120. The second-order valence-corrected chi connectivity index (χ2v) is 5.38. The van der Waals surface area contributed by atoms with Crippen LogP contribution in [0, 0.1) is 5.41 Å². The first-order valence-corrected chi connectivity index (χ1v) is 6.66. The third-order valence-corrected chi connectivity index (χ3v) is 4.01. The lowest BCUT2D eigenvalue weighted by Crippen LogP contribution is -2.13. The highest BCUT2D eigenvalue weighted by molar-refractivity contribution is 7.80. The van der Waals surface area contributed by atoms with Gasteiger partial charge in [-0.2, -0.15) is 12.6 Å². The van der Waals surface area contributed by atoms with Gasteiger partial charge in [0.1, 0.15) is 6.61 Å². The highest BCUT2D eigenvalue weighted by atomic mass is 35.5. The van der Waals surface area contributed by atoms with Crippen molar-refractivity contribution >= 4 is 30.2 Å². The summed E-state index contributed by atoms with van der Waals surface area (Å²) < 4.78 is 5.23. The zero-order valence-electron chi connectivity index (χ0n) is 9.49.